The van der Waals surface area contributed by atoms with Crippen LogP contribution in [-0.4, -0.2) is 57.6 Å². The maximum Gasteiger partial charge on any atom is 0.247 e. The van der Waals surface area contributed by atoms with Gasteiger partial charge in [-0.25, -0.2) is 4.68 Å². The molecule has 1 atom stereocenters. The number of ether oxygens (including phenoxy) is 1. The number of nitrogens with one attached hydrogen (secondary N) is 1. The van der Waals surface area contributed by atoms with E-state index >= 15 is 0 Å². The Morgan fingerprint density at radius 3 is 2.71 bits per heavy atom. The number of hydrogen-bond acceptors (Lipinski definition) is 5. The summed E-state index contributed by atoms with van der Waals surface area (Å²) in [6.45, 7) is 11.3. The fourth-order valence-corrected chi connectivity index (χ4v) is 2.10. The molecule has 21 heavy (non-hydrogen) atoms. The molecule has 2 heterocycles. The first-order chi connectivity index (χ1) is 9.87. The van der Waals surface area contributed by atoms with Crippen molar-refractivity contribution in [1.29, 1.82) is 0 Å². The molecule has 0 spiro atoms. The first kappa shape index (κ1) is 15.9. The van der Waals surface area contributed by atoms with Crippen LogP contribution in [-0.2, 0) is 16.1 Å². The number of morpholine rings is 1. The van der Waals surface area contributed by atoms with Gasteiger partial charge in [0.25, 0.3) is 0 Å². The molecule has 7 heteroatoms. The summed E-state index contributed by atoms with van der Waals surface area (Å²) in [5.74, 6) is 0.0681. The monoisotopic (exact) mass is 295 g/mol. The van der Waals surface area contributed by atoms with Crippen LogP contribution < -0.4 is 5.32 Å². The Morgan fingerprint density at radius 1 is 1.43 bits per heavy atom. The van der Waals surface area contributed by atoms with Crippen molar-refractivity contribution in [2.24, 2.45) is 0 Å². The van der Waals surface area contributed by atoms with Gasteiger partial charge in [-0.3, -0.25) is 4.79 Å². The van der Waals surface area contributed by atoms with E-state index in [1.54, 1.807) is 4.68 Å². The fraction of sp³-hybridized carbons (Fsp3) is 0.786. The number of amides is 1. The van der Waals surface area contributed by atoms with E-state index in [4.69, 9.17) is 4.74 Å². The zero-order chi connectivity index (χ0) is 15.5. The second-order valence-corrected chi connectivity index (χ2v) is 6.41. The van der Waals surface area contributed by atoms with E-state index < -0.39 is 0 Å². The number of carbonyl (C=O) groups is 1. The summed E-state index contributed by atoms with van der Waals surface area (Å²) < 4.78 is 6.90. The minimum absolute atomic E-state index is 0.0268. The fourth-order valence-electron chi connectivity index (χ4n) is 2.10. The minimum Gasteiger partial charge on any atom is -0.378 e. The van der Waals surface area contributed by atoms with Gasteiger partial charge in [-0.1, -0.05) is 5.21 Å². The average molecular weight is 295 g/mol. The van der Waals surface area contributed by atoms with Crippen LogP contribution >= 0.6 is 0 Å². The van der Waals surface area contributed by atoms with Crippen LogP contribution in [0.25, 0.3) is 0 Å². The van der Waals surface area contributed by atoms with Crippen molar-refractivity contribution < 1.29 is 9.53 Å². The molecule has 118 valence electrons. The van der Waals surface area contributed by atoms with E-state index in [-0.39, 0.29) is 17.5 Å². The smallest absolute Gasteiger partial charge is 0.247 e. The van der Waals surface area contributed by atoms with Crippen molar-refractivity contribution in [3.8, 4) is 0 Å². The quantitative estimate of drug-likeness (QED) is 0.880. The van der Waals surface area contributed by atoms with Gasteiger partial charge in [0.05, 0.1) is 25.1 Å². The Morgan fingerprint density at radius 2 is 2.10 bits per heavy atom. The van der Waals surface area contributed by atoms with Crippen molar-refractivity contribution in [2.75, 3.05) is 26.3 Å². The molecule has 0 bridgehead atoms. The molecule has 1 amide bonds. The molecule has 1 aromatic heterocycles. The number of aromatic nitrogens is 3. The van der Waals surface area contributed by atoms with Crippen LogP contribution in [0.5, 0.6) is 0 Å². The van der Waals surface area contributed by atoms with Crippen molar-refractivity contribution in [2.45, 2.75) is 45.8 Å². The second-order valence-electron chi connectivity index (χ2n) is 6.41. The van der Waals surface area contributed by atoms with Crippen LogP contribution in [0.15, 0.2) is 6.20 Å². The molecule has 0 saturated carbocycles. The number of rotatable bonds is 4. The number of carbonyl (C=O) groups excluding carboxylic acids is 1. The molecule has 1 aromatic rings. The lowest BCUT2D eigenvalue weighted by molar-refractivity contribution is -0.138. The summed E-state index contributed by atoms with van der Waals surface area (Å²) in [7, 11) is 0. The molecule has 2 rings (SSSR count). The molecule has 1 N–H and O–H groups in total. The highest BCUT2D eigenvalue weighted by Crippen LogP contribution is 2.11. The van der Waals surface area contributed by atoms with E-state index in [1.165, 1.54) is 0 Å². The zero-order valence-electron chi connectivity index (χ0n) is 13.3. The van der Waals surface area contributed by atoms with Gasteiger partial charge in [0, 0.05) is 25.2 Å². The maximum atomic E-state index is 12.4. The molecule has 1 aliphatic heterocycles. The van der Waals surface area contributed by atoms with Gasteiger partial charge in [0.1, 0.15) is 6.04 Å². The Kier molecular flexibility index (Phi) is 4.95. The van der Waals surface area contributed by atoms with Crippen LogP contribution in [0.3, 0.4) is 0 Å². The highest BCUT2D eigenvalue weighted by molar-refractivity contribution is 5.80. The number of nitrogens with zero attached hydrogens (tertiary/aromatic N) is 4. The van der Waals surface area contributed by atoms with E-state index in [2.05, 4.69) is 36.4 Å². The van der Waals surface area contributed by atoms with E-state index in [0.717, 1.165) is 5.69 Å². The summed E-state index contributed by atoms with van der Waals surface area (Å²) in [5.41, 5.74) is 0.866. The maximum absolute atomic E-state index is 12.4. The molecule has 1 fully saturated rings. The molecule has 1 unspecified atom stereocenters. The predicted octanol–water partition coefficient (Wildman–Crippen LogP) is 0.586. The van der Waals surface area contributed by atoms with Crippen molar-refractivity contribution in [3.63, 3.8) is 0 Å². The van der Waals surface area contributed by atoms with Gasteiger partial charge in [0.15, 0.2) is 0 Å². The van der Waals surface area contributed by atoms with E-state index in [9.17, 15) is 4.79 Å². The molecular formula is C14H25N5O2. The first-order valence-corrected chi connectivity index (χ1v) is 7.39. The Balaban J connectivity index is 1.94. The molecule has 0 radical (unpaired) electrons. The van der Waals surface area contributed by atoms with Crippen LogP contribution in [0.1, 0.15) is 39.4 Å². The number of hydrogen-bond donors (Lipinski definition) is 1. The lowest BCUT2D eigenvalue weighted by Crippen LogP contribution is -2.43. The summed E-state index contributed by atoms with van der Waals surface area (Å²) >= 11 is 0. The largest absolute Gasteiger partial charge is 0.378 e. The average Bonchev–Trinajstić information content (AvgIpc) is 2.93. The molecule has 0 aromatic carbocycles. The van der Waals surface area contributed by atoms with Gasteiger partial charge in [0.2, 0.25) is 5.91 Å². The second kappa shape index (κ2) is 6.53. The SMILES string of the molecule is CC(C(=O)N1CCOCC1)n1cc(CNC(C)(C)C)nn1. The predicted molar refractivity (Wildman–Crippen MR) is 78.7 cm³/mol. The highest BCUT2D eigenvalue weighted by Gasteiger charge is 2.24. The minimum atomic E-state index is -0.334. The summed E-state index contributed by atoms with van der Waals surface area (Å²) in [5, 5.41) is 11.6. The zero-order valence-corrected chi connectivity index (χ0v) is 13.3. The molecule has 0 aliphatic carbocycles. The standard InChI is InChI=1S/C14H25N5O2/c1-11(13(20)18-5-7-21-8-6-18)19-10-12(16-17-19)9-15-14(2,3)4/h10-11,15H,5-9H2,1-4H3. The lowest BCUT2D eigenvalue weighted by Gasteiger charge is -2.29. The summed E-state index contributed by atoms with van der Waals surface area (Å²) in [6, 6.07) is -0.334. The van der Waals surface area contributed by atoms with Gasteiger partial charge in [-0.2, -0.15) is 0 Å². The van der Waals surface area contributed by atoms with E-state index in [0.29, 0.717) is 32.8 Å². The third kappa shape index (κ3) is 4.50. The van der Waals surface area contributed by atoms with Gasteiger partial charge >= 0.3 is 0 Å². The normalized spacial score (nSPS) is 17.8. The Labute approximate surface area is 125 Å². The highest BCUT2D eigenvalue weighted by atomic mass is 16.5. The third-order valence-electron chi connectivity index (χ3n) is 3.43. The Hall–Kier alpha value is -1.47. The van der Waals surface area contributed by atoms with Gasteiger partial charge in [-0.15, -0.1) is 5.10 Å². The van der Waals surface area contributed by atoms with Crippen molar-refractivity contribution in [1.82, 2.24) is 25.2 Å². The van der Waals surface area contributed by atoms with Gasteiger partial charge < -0.3 is 15.0 Å². The summed E-state index contributed by atoms with van der Waals surface area (Å²) in [4.78, 5) is 14.2. The topological polar surface area (TPSA) is 72.3 Å². The molecular weight excluding hydrogens is 270 g/mol. The van der Waals surface area contributed by atoms with E-state index in [1.807, 2.05) is 18.0 Å². The molecule has 7 nitrogen and oxygen atoms in total. The van der Waals surface area contributed by atoms with Crippen molar-refractivity contribution >= 4 is 5.91 Å². The third-order valence-corrected chi connectivity index (χ3v) is 3.43. The summed E-state index contributed by atoms with van der Waals surface area (Å²) in [6.07, 6.45) is 1.84. The molecule has 1 saturated heterocycles. The van der Waals surface area contributed by atoms with Gasteiger partial charge in [-0.05, 0) is 27.7 Å². The molecule has 1 aliphatic rings. The van der Waals surface area contributed by atoms with Crippen molar-refractivity contribution in [3.05, 3.63) is 11.9 Å². The Bertz CT molecular complexity index is 474. The first-order valence-electron chi connectivity index (χ1n) is 7.39. The van der Waals surface area contributed by atoms with Crippen LogP contribution in [0, 0.1) is 0 Å². The van der Waals surface area contributed by atoms with Crippen LogP contribution in [0.4, 0.5) is 0 Å². The lowest BCUT2D eigenvalue weighted by atomic mass is 10.1. The van der Waals surface area contributed by atoms with Crippen LogP contribution in [0.2, 0.25) is 0 Å².